The van der Waals surface area contributed by atoms with Crippen LogP contribution in [-0.4, -0.2) is 29.0 Å². The second kappa shape index (κ2) is 2.77. The van der Waals surface area contributed by atoms with Crippen molar-refractivity contribution >= 4 is 12.0 Å². The Labute approximate surface area is 71.5 Å². The van der Waals surface area contributed by atoms with Crippen molar-refractivity contribution in [3.8, 4) is 0 Å². The number of hydrogen-bond donors (Lipinski definition) is 0. The minimum atomic E-state index is -0.521. The van der Waals surface area contributed by atoms with Gasteiger partial charge in [0.05, 0.1) is 5.54 Å². The van der Waals surface area contributed by atoms with Gasteiger partial charge in [0.1, 0.15) is 6.61 Å². The second-order valence-electron chi connectivity index (χ2n) is 3.26. The van der Waals surface area contributed by atoms with E-state index in [-0.39, 0.29) is 5.91 Å². The average molecular weight is 171 g/mol. The Morgan fingerprint density at radius 2 is 2.33 bits per heavy atom. The van der Waals surface area contributed by atoms with Crippen LogP contribution in [0, 0.1) is 0 Å². The van der Waals surface area contributed by atoms with E-state index in [0.717, 1.165) is 6.42 Å². The molecule has 1 aliphatic rings. The summed E-state index contributed by atoms with van der Waals surface area (Å²) in [5.74, 6) is -0.248. The van der Waals surface area contributed by atoms with Crippen molar-refractivity contribution in [2.24, 2.45) is 0 Å². The highest BCUT2D eigenvalue weighted by molar-refractivity contribution is 5.92. The number of rotatable bonds is 1. The lowest BCUT2D eigenvalue weighted by Gasteiger charge is -2.27. The van der Waals surface area contributed by atoms with E-state index >= 15 is 0 Å². The second-order valence-corrected chi connectivity index (χ2v) is 3.26. The highest BCUT2D eigenvalue weighted by atomic mass is 16.6. The van der Waals surface area contributed by atoms with E-state index in [0.29, 0.717) is 6.61 Å². The van der Waals surface area contributed by atoms with Gasteiger partial charge >= 0.3 is 6.09 Å². The molecule has 1 saturated heterocycles. The maximum Gasteiger partial charge on any atom is 0.417 e. The van der Waals surface area contributed by atoms with Gasteiger partial charge in [-0.3, -0.25) is 4.79 Å². The van der Waals surface area contributed by atoms with E-state index in [4.69, 9.17) is 4.74 Å². The third-order valence-corrected chi connectivity index (χ3v) is 2.31. The Morgan fingerprint density at radius 1 is 1.75 bits per heavy atom. The van der Waals surface area contributed by atoms with Crippen LogP contribution in [0.1, 0.15) is 27.2 Å². The number of carbonyl (C=O) groups is 2. The van der Waals surface area contributed by atoms with Crippen LogP contribution < -0.4 is 0 Å². The lowest BCUT2D eigenvalue weighted by Crippen LogP contribution is -2.46. The first kappa shape index (κ1) is 9.03. The molecule has 0 unspecified atom stereocenters. The van der Waals surface area contributed by atoms with E-state index in [1.807, 2.05) is 13.8 Å². The Hall–Kier alpha value is -1.06. The number of cyclic esters (lactones) is 1. The van der Waals surface area contributed by atoms with Crippen LogP contribution in [0.2, 0.25) is 0 Å². The van der Waals surface area contributed by atoms with Crippen LogP contribution >= 0.6 is 0 Å². The van der Waals surface area contributed by atoms with Crippen LogP contribution in [0.25, 0.3) is 0 Å². The zero-order valence-corrected chi connectivity index (χ0v) is 7.59. The van der Waals surface area contributed by atoms with E-state index in [1.165, 1.54) is 11.8 Å². The summed E-state index contributed by atoms with van der Waals surface area (Å²) in [6.07, 6.45) is 0.199. The minimum Gasteiger partial charge on any atom is -0.447 e. The molecule has 0 bridgehead atoms. The first-order valence-corrected chi connectivity index (χ1v) is 3.99. The third kappa shape index (κ3) is 1.17. The summed E-state index contributed by atoms with van der Waals surface area (Å²) < 4.78 is 4.80. The normalized spacial score (nSPS) is 28.9. The van der Waals surface area contributed by atoms with E-state index < -0.39 is 11.6 Å². The molecule has 0 spiro atoms. The van der Waals surface area contributed by atoms with Crippen LogP contribution in [0.4, 0.5) is 4.79 Å². The molecule has 0 aromatic carbocycles. The standard InChI is InChI=1S/C8H13NO3/c1-4-8(3)5-12-7(11)9(8)6(2)10/h4-5H2,1-3H3/t8-/m1/s1. The predicted octanol–water partition coefficient (Wildman–Crippen LogP) is 1.15. The van der Waals surface area contributed by atoms with Gasteiger partial charge in [-0.25, -0.2) is 9.69 Å². The highest BCUT2D eigenvalue weighted by Gasteiger charge is 2.44. The number of amides is 2. The summed E-state index contributed by atoms with van der Waals surface area (Å²) >= 11 is 0. The maximum atomic E-state index is 11.1. The monoisotopic (exact) mass is 171 g/mol. The minimum absolute atomic E-state index is 0.248. The summed E-state index contributed by atoms with van der Waals surface area (Å²) in [5, 5.41) is 0. The van der Waals surface area contributed by atoms with Crippen molar-refractivity contribution in [3.05, 3.63) is 0 Å². The molecule has 12 heavy (non-hydrogen) atoms. The summed E-state index contributed by atoms with van der Waals surface area (Å²) in [7, 11) is 0. The molecule has 2 amide bonds. The van der Waals surface area contributed by atoms with Gasteiger partial charge in [0.2, 0.25) is 5.91 Å². The number of imide groups is 1. The maximum absolute atomic E-state index is 11.1. The Balaban J connectivity index is 2.91. The van der Waals surface area contributed by atoms with Crippen molar-refractivity contribution < 1.29 is 14.3 Å². The largest absolute Gasteiger partial charge is 0.447 e. The van der Waals surface area contributed by atoms with Gasteiger partial charge in [-0.2, -0.15) is 0 Å². The smallest absolute Gasteiger partial charge is 0.417 e. The molecule has 68 valence electrons. The fraction of sp³-hybridized carbons (Fsp3) is 0.750. The molecule has 0 aromatic heterocycles. The predicted molar refractivity (Wildman–Crippen MR) is 42.6 cm³/mol. The van der Waals surface area contributed by atoms with Gasteiger partial charge in [-0.05, 0) is 13.3 Å². The lowest BCUT2D eigenvalue weighted by atomic mass is 9.99. The molecular formula is C8H13NO3. The van der Waals surface area contributed by atoms with Crippen LogP contribution in [0.3, 0.4) is 0 Å². The summed E-state index contributed by atoms with van der Waals surface area (Å²) in [4.78, 5) is 23.3. The van der Waals surface area contributed by atoms with Gasteiger partial charge in [0.15, 0.2) is 0 Å². The molecule has 1 rings (SSSR count). The summed E-state index contributed by atoms with van der Waals surface area (Å²) in [6.45, 7) is 5.46. The highest BCUT2D eigenvalue weighted by Crippen LogP contribution is 2.26. The molecule has 0 aliphatic carbocycles. The molecule has 1 aliphatic heterocycles. The molecule has 0 radical (unpaired) electrons. The molecule has 0 aromatic rings. The number of nitrogens with zero attached hydrogens (tertiary/aromatic N) is 1. The Morgan fingerprint density at radius 3 is 2.67 bits per heavy atom. The van der Waals surface area contributed by atoms with Gasteiger partial charge < -0.3 is 4.74 Å². The molecule has 1 fully saturated rings. The molecule has 4 nitrogen and oxygen atoms in total. The van der Waals surface area contributed by atoms with Crippen LogP contribution in [0.15, 0.2) is 0 Å². The molecule has 0 N–H and O–H groups in total. The van der Waals surface area contributed by atoms with Crippen molar-refractivity contribution in [2.75, 3.05) is 6.61 Å². The number of hydrogen-bond acceptors (Lipinski definition) is 3. The molecule has 1 heterocycles. The fourth-order valence-electron chi connectivity index (χ4n) is 1.34. The topological polar surface area (TPSA) is 46.6 Å². The average Bonchev–Trinajstić information content (AvgIpc) is 2.28. The molecule has 4 heteroatoms. The fourth-order valence-corrected chi connectivity index (χ4v) is 1.34. The van der Waals surface area contributed by atoms with Crippen LogP contribution in [0.5, 0.6) is 0 Å². The van der Waals surface area contributed by atoms with E-state index in [9.17, 15) is 9.59 Å². The first-order valence-electron chi connectivity index (χ1n) is 3.99. The Kier molecular flexibility index (Phi) is 2.08. The third-order valence-electron chi connectivity index (χ3n) is 2.31. The Bertz CT molecular complexity index is 226. The van der Waals surface area contributed by atoms with Crippen molar-refractivity contribution in [1.29, 1.82) is 0 Å². The summed E-state index contributed by atoms with van der Waals surface area (Å²) in [5.41, 5.74) is -0.442. The van der Waals surface area contributed by atoms with Gasteiger partial charge in [-0.15, -0.1) is 0 Å². The first-order chi connectivity index (χ1) is 5.51. The zero-order valence-electron chi connectivity index (χ0n) is 7.59. The van der Waals surface area contributed by atoms with Gasteiger partial charge in [-0.1, -0.05) is 6.92 Å². The van der Waals surface area contributed by atoms with Crippen molar-refractivity contribution in [1.82, 2.24) is 4.90 Å². The molecule has 0 saturated carbocycles. The molecule has 1 atom stereocenters. The van der Waals surface area contributed by atoms with Crippen LogP contribution in [-0.2, 0) is 9.53 Å². The van der Waals surface area contributed by atoms with E-state index in [2.05, 4.69) is 0 Å². The van der Waals surface area contributed by atoms with Gasteiger partial charge in [0.25, 0.3) is 0 Å². The number of carbonyl (C=O) groups excluding carboxylic acids is 2. The van der Waals surface area contributed by atoms with E-state index in [1.54, 1.807) is 0 Å². The van der Waals surface area contributed by atoms with Crippen molar-refractivity contribution in [2.45, 2.75) is 32.7 Å². The summed E-state index contributed by atoms with van der Waals surface area (Å²) in [6, 6.07) is 0. The molecular weight excluding hydrogens is 158 g/mol. The zero-order chi connectivity index (χ0) is 9.35. The number of ether oxygens (including phenoxy) is 1. The quantitative estimate of drug-likeness (QED) is 0.594. The van der Waals surface area contributed by atoms with Gasteiger partial charge in [0, 0.05) is 6.92 Å². The SMILES string of the molecule is CC[C@]1(C)COC(=O)N1C(C)=O. The lowest BCUT2D eigenvalue weighted by molar-refractivity contribution is -0.129. The van der Waals surface area contributed by atoms with Crippen molar-refractivity contribution in [3.63, 3.8) is 0 Å².